The van der Waals surface area contributed by atoms with Gasteiger partial charge in [-0.3, -0.25) is 4.79 Å². The van der Waals surface area contributed by atoms with Gasteiger partial charge in [-0.2, -0.15) is 5.11 Å². The van der Waals surface area contributed by atoms with E-state index in [0.717, 1.165) is 4.47 Å². The molecule has 7 heteroatoms. The number of hydrogen-bond donors (Lipinski definition) is 2. The van der Waals surface area contributed by atoms with Gasteiger partial charge in [-0.15, -0.1) is 5.11 Å². The molecule has 0 heterocycles. The van der Waals surface area contributed by atoms with Gasteiger partial charge in [0.15, 0.2) is 11.5 Å². The minimum Gasteiger partial charge on any atom is -0.505 e. The van der Waals surface area contributed by atoms with Gasteiger partial charge in [-0.1, -0.05) is 46.3 Å². The van der Waals surface area contributed by atoms with Crippen molar-refractivity contribution in [3.05, 3.63) is 70.3 Å². The van der Waals surface area contributed by atoms with Gasteiger partial charge in [-0.05, 0) is 24.3 Å². The van der Waals surface area contributed by atoms with Crippen LogP contribution in [0, 0.1) is 0 Å². The van der Waals surface area contributed by atoms with Crippen LogP contribution < -0.4 is 0 Å². The molecule has 116 valence electrons. The van der Waals surface area contributed by atoms with Gasteiger partial charge >= 0.3 is 5.97 Å². The van der Waals surface area contributed by atoms with E-state index in [4.69, 9.17) is 5.11 Å². The molecule has 2 rings (SSSR count). The van der Waals surface area contributed by atoms with Crippen molar-refractivity contribution in [2.75, 3.05) is 0 Å². The summed E-state index contributed by atoms with van der Waals surface area (Å²) in [5.41, 5.74) is 0.0419. The first-order chi connectivity index (χ1) is 11.0. The molecule has 0 aliphatic rings. The second-order valence-corrected chi connectivity index (χ2v) is 5.29. The Morgan fingerprint density at radius 3 is 2.09 bits per heavy atom. The molecule has 0 spiro atoms. The van der Waals surface area contributed by atoms with Crippen LogP contribution in [0.25, 0.3) is 5.76 Å². The van der Waals surface area contributed by atoms with E-state index in [1.54, 1.807) is 42.5 Å². The summed E-state index contributed by atoms with van der Waals surface area (Å²) in [5.74, 6) is -3.62. The predicted octanol–water partition coefficient (Wildman–Crippen LogP) is 4.11. The van der Waals surface area contributed by atoms with Crippen LogP contribution in [-0.4, -0.2) is 22.0 Å². The lowest BCUT2D eigenvalue weighted by Crippen LogP contribution is -2.15. The number of azo groups is 1. The molecular formula is C16H11BrN2O4. The van der Waals surface area contributed by atoms with Crippen LogP contribution in [0.15, 0.2) is 75.0 Å². The topological polar surface area (TPSA) is 99.3 Å². The maximum Gasteiger partial charge on any atom is 0.379 e. The van der Waals surface area contributed by atoms with Crippen molar-refractivity contribution in [1.82, 2.24) is 0 Å². The molecule has 23 heavy (non-hydrogen) atoms. The molecule has 2 N–H and O–H groups in total. The number of aliphatic hydroxyl groups is 1. The number of aliphatic hydroxyl groups excluding tert-OH is 1. The van der Waals surface area contributed by atoms with Crippen LogP contribution in [0.1, 0.15) is 5.56 Å². The Kier molecular flexibility index (Phi) is 5.37. The number of carboxylic acid groups (broad SMARTS) is 1. The molecular weight excluding hydrogens is 364 g/mol. The number of carbonyl (C=O) groups excluding carboxylic acids is 1. The lowest BCUT2D eigenvalue weighted by Gasteiger charge is -2.04. The molecule has 0 saturated heterocycles. The molecule has 6 nitrogen and oxygen atoms in total. The Labute approximate surface area is 139 Å². The Hall–Kier alpha value is -2.80. The number of carbonyl (C=O) groups is 2. The molecule has 0 bridgehead atoms. The number of aliphatic carboxylic acids is 1. The number of ketones is 1. The Bertz CT molecular complexity index is 783. The zero-order valence-corrected chi connectivity index (χ0v) is 13.3. The smallest absolute Gasteiger partial charge is 0.379 e. The van der Waals surface area contributed by atoms with Crippen LogP contribution in [0.4, 0.5) is 5.69 Å². The van der Waals surface area contributed by atoms with Gasteiger partial charge in [0.25, 0.3) is 5.78 Å². The van der Waals surface area contributed by atoms with E-state index < -0.39 is 23.2 Å². The summed E-state index contributed by atoms with van der Waals surface area (Å²) in [6.45, 7) is 0. The minimum atomic E-state index is -1.73. The van der Waals surface area contributed by atoms with E-state index in [-0.39, 0.29) is 5.56 Å². The number of halogens is 1. The summed E-state index contributed by atoms with van der Waals surface area (Å²) >= 11 is 3.24. The first-order valence-corrected chi connectivity index (χ1v) is 7.22. The van der Waals surface area contributed by atoms with Crippen molar-refractivity contribution < 1.29 is 19.8 Å². The monoisotopic (exact) mass is 374 g/mol. The normalized spacial score (nSPS) is 12.0. The summed E-state index contributed by atoms with van der Waals surface area (Å²) in [5, 5.41) is 26.5. The van der Waals surface area contributed by atoms with Gasteiger partial charge in [-0.25, -0.2) is 4.79 Å². The Morgan fingerprint density at radius 1 is 0.913 bits per heavy atom. The minimum absolute atomic E-state index is 0.254. The molecule has 0 atom stereocenters. The van der Waals surface area contributed by atoms with Crippen molar-refractivity contribution >= 4 is 39.1 Å². The number of carboxylic acids is 1. The number of benzene rings is 2. The quantitative estimate of drug-likeness (QED) is 0.356. The summed E-state index contributed by atoms with van der Waals surface area (Å²) in [6, 6.07) is 14.8. The van der Waals surface area contributed by atoms with E-state index in [2.05, 4.69) is 26.2 Å². The molecule has 0 saturated carbocycles. The third-order valence-electron chi connectivity index (χ3n) is 2.77. The summed E-state index contributed by atoms with van der Waals surface area (Å²) in [4.78, 5) is 22.7. The first-order valence-electron chi connectivity index (χ1n) is 6.42. The van der Waals surface area contributed by atoms with Crippen molar-refractivity contribution in [1.29, 1.82) is 0 Å². The van der Waals surface area contributed by atoms with Crippen LogP contribution in [-0.2, 0) is 9.59 Å². The van der Waals surface area contributed by atoms with Crippen LogP contribution in [0.3, 0.4) is 0 Å². The SMILES string of the molecule is O=C(O)C(=O)C(N=Nc1ccccc1)=C(O)c1ccc(Br)cc1. The first kappa shape index (κ1) is 16.6. The Morgan fingerprint density at radius 2 is 1.52 bits per heavy atom. The fraction of sp³-hybridized carbons (Fsp3) is 0. The van der Waals surface area contributed by atoms with Crippen molar-refractivity contribution in [3.63, 3.8) is 0 Å². The average Bonchev–Trinajstić information content (AvgIpc) is 2.56. The van der Waals surface area contributed by atoms with Crippen LogP contribution in [0.5, 0.6) is 0 Å². The van der Waals surface area contributed by atoms with Gasteiger partial charge in [0, 0.05) is 10.0 Å². The highest BCUT2D eigenvalue weighted by Gasteiger charge is 2.23. The maximum atomic E-state index is 11.8. The third-order valence-corrected chi connectivity index (χ3v) is 3.30. The lowest BCUT2D eigenvalue weighted by molar-refractivity contribution is -0.147. The van der Waals surface area contributed by atoms with E-state index in [1.165, 1.54) is 12.1 Å². The molecule has 0 aliphatic carbocycles. The van der Waals surface area contributed by atoms with Gasteiger partial charge in [0.1, 0.15) is 0 Å². The van der Waals surface area contributed by atoms with E-state index in [1.807, 2.05) is 0 Å². The molecule has 0 fully saturated rings. The van der Waals surface area contributed by atoms with Crippen molar-refractivity contribution in [3.8, 4) is 0 Å². The highest BCUT2D eigenvalue weighted by molar-refractivity contribution is 9.10. The second kappa shape index (κ2) is 7.46. The average molecular weight is 375 g/mol. The van der Waals surface area contributed by atoms with Crippen molar-refractivity contribution in [2.45, 2.75) is 0 Å². The second-order valence-electron chi connectivity index (χ2n) is 4.37. The third kappa shape index (κ3) is 4.33. The van der Waals surface area contributed by atoms with E-state index >= 15 is 0 Å². The van der Waals surface area contributed by atoms with Gasteiger partial charge in [0.05, 0.1) is 5.69 Å². The van der Waals surface area contributed by atoms with E-state index in [9.17, 15) is 14.7 Å². The summed E-state index contributed by atoms with van der Waals surface area (Å²) in [6.07, 6.45) is 0. The van der Waals surface area contributed by atoms with Crippen LogP contribution in [0.2, 0.25) is 0 Å². The lowest BCUT2D eigenvalue weighted by atomic mass is 10.1. The molecule has 0 unspecified atom stereocenters. The zero-order valence-electron chi connectivity index (χ0n) is 11.7. The predicted molar refractivity (Wildman–Crippen MR) is 87.3 cm³/mol. The number of rotatable bonds is 5. The Balaban J connectivity index is 2.47. The van der Waals surface area contributed by atoms with Gasteiger partial charge in [0.2, 0.25) is 0 Å². The zero-order chi connectivity index (χ0) is 16.8. The summed E-state index contributed by atoms with van der Waals surface area (Å²) in [7, 11) is 0. The molecule has 0 radical (unpaired) electrons. The largest absolute Gasteiger partial charge is 0.505 e. The number of nitrogens with zero attached hydrogens (tertiary/aromatic N) is 2. The fourth-order valence-corrected chi connectivity index (χ4v) is 1.91. The molecule has 2 aromatic carbocycles. The molecule has 2 aromatic rings. The van der Waals surface area contributed by atoms with Gasteiger partial charge < -0.3 is 10.2 Å². The van der Waals surface area contributed by atoms with Crippen molar-refractivity contribution in [2.24, 2.45) is 10.2 Å². The molecule has 0 amide bonds. The summed E-state index contributed by atoms with van der Waals surface area (Å²) < 4.78 is 0.770. The number of Topliss-reactive ketones (excluding diaryl/α,β-unsaturated/α-hetero) is 1. The standard InChI is InChI=1S/C16H11BrN2O4/c17-11-8-6-10(7-9-11)14(20)13(15(21)16(22)23)19-18-12-4-2-1-3-5-12/h1-9,20H,(H,22,23). The molecule has 0 aromatic heterocycles. The number of hydrogen-bond acceptors (Lipinski definition) is 5. The van der Waals surface area contributed by atoms with Crippen LogP contribution >= 0.6 is 15.9 Å². The highest BCUT2D eigenvalue weighted by atomic mass is 79.9. The fourth-order valence-electron chi connectivity index (χ4n) is 1.65. The maximum absolute atomic E-state index is 11.8. The highest BCUT2D eigenvalue weighted by Crippen LogP contribution is 2.22. The molecule has 0 aliphatic heterocycles. The van der Waals surface area contributed by atoms with E-state index in [0.29, 0.717) is 5.69 Å².